The Hall–Kier alpha value is -1.25. The zero-order chi connectivity index (χ0) is 12.1. The number of hydrogen-bond acceptors (Lipinski definition) is 3. The lowest BCUT2D eigenvalue weighted by Crippen LogP contribution is -2.39. The molecule has 1 fully saturated rings. The summed E-state index contributed by atoms with van der Waals surface area (Å²) in [5.74, 6) is -1.73. The molecule has 0 bridgehead atoms. The van der Waals surface area contributed by atoms with Gasteiger partial charge in [-0.15, -0.1) is 6.58 Å². The third-order valence-corrected chi connectivity index (χ3v) is 3.12. The molecule has 1 rings (SSSR count). The average Bonchev–Trinajstić information content (AvgIpc) is 2.21. The summed E-state index contributed by atoms with van der Waals surface area (Å²) in [6.45, 7) is 4.95. The highest BCUT2D eigenvalue weighted by molar-refractivity contribution is 6.20. The predicted octanol–water partition coefficient (Wildman–Crippen LogP) is 2.10. The summed E-state index contributed by atoms with van der Waals surface area (Å²) in [4.78, 5) is 34.6. The second-order valence-electron chi connectivity index (χ2n) is 4.37. The molecular weight excluding hydrogens is 204 g/mol. The van der Waals surface area contributed by atoms with E-state index < -0.39 is 5.92 Å². The van der Waals surface area contributed by atoms with E-state index in [1.165, 1.54) is 6.92 Å². The number of Topliss-reactive ketones (excluding diaryl/α,β-unsaturated/α-hetero) is 3. The fourth-order valence-electron chi connectivity index (χ4n) is 2.22. The van der Waals surface area contributed by atoms with Crippen molar-refractivity contribution in [2.24, 2.45) is 11.8 Å². The Morgan fingerprint density at radius 3 is 2.75 bits per heavy atom. The summed E-state index contributed by atoms with van der Waals surface area (Å²) in [6.07, 6.45) is 5.34. The summed E-state index contributed by atoms with van der Waals surface area (Å²) in [5.41, 5.74) is 0. The van der Waals surface area contributed by atoms with Crippen LogP contribution in [0, 0.1) is 11.8 Å². The van der Waals surface area contributed by atoms with Crippen LogP contribution in [0.4, 0.5) is 0 Å². The molecule has 88 valence electrons. The molecule has 0 aromatic carbocycles. The zero-order valence-corrected chi connectivity index (χ0v) is 9.70. The van der Waals surface area contributed by atoms with Gasteiger partial charge in [0.2, 0.25) is 0 Å². The Balaban J connectivity index is 2.61. The monoisotopic (exact) mass is 222 g/mol. The average molecular weight is 222 g/mol. The smallest absolute Gasteiger partial charge is 0.153 e. The fraction of sp³-hybridized carbons (Fsp3) is 0.615. The minimum Gasteiger partial charge on any atom is -0.299 e. The van der Waals surface area contributed by atoms with E-state index >= 15 is 0 Å². The first kappa shape index (κ1) is 12.8. The number of hydrogen-bond donors (Lipinski definition) is 0. The van der Waals surface area contributed by atoms with Crippen molar-refractivity contribution < 1.29 is 14.4 Å². The summed E-state index contributed by atoms with van der Waals surface area (Å²) >= 11 is 0. The molecule has 3 heteroatoms. The Morgan fingerprint density at radius 1 is 1.50 bits per heavy atom. The van der Waals surface area contributed by atoms with Crippen LogP contribution in [0.15, 0.2) is 12.7 Å². The van der Waals surface area contributed by atoms with Gasteiger partial charge in [-0.25, -0.2) is 0 Å². The van der Waals surface area contributed by atoms with Gasteiger partial charge in [-0.05, 0) is 32.6 Å². The van der Waals surface area contributed by atoms with Crippen molar-refractivity contribution in [3.63, 3.8) is 0 Å². The molecule has 0 aromatic rings. The van der Waals surface area contributed by atoms with Gasteiger partial charge in [-0.3, -0.25) is 14.4 Å². The van der Waals surface area contributed by atoms with Crippen LogP contribution in [0.5, 0.6) is 0 Å². The SMILES string of the molecule is C=CCCCC1CCC(=O)C(C(C)=O)C1=O. The fourth-order valence-corrected chi connectivity index (χ4v) is 2.22. The molecule has 1 saturated carbocycles. The maximum absolute atomic E-state index is 11.9. The largest absolute Gasteiger partial charge is 0.299 e. The standard InChI is InChI=1S/C13H18O3/c1-3-4-5-6-10-7-8-11(15)12(9(2)14)13(10)16/h3,10,12H,1,4-8H2,2H3. The van der Waals surface area contributed by atoms with Gasteiger partial charge in [0.25, 0.3) is 0 Å². The molecule has 0 aromatic heterocycles. The number of allylic oxidation sites excluding steroid dienone is 1. The van der Waals surface area contributed by atoms with Crippen LogP contribution in [-0.4, -0.2) is 17.3 Å². The van der Waals surface area contributed by atoms with Gasteiger partial charge in [-0.2, -0.15) is 0 Å². The molecule has 1 aliphatic carbocycles. The maximum Gasteiger partial charge on any atom is 0.153 e. The molecule has 16 heavy (non-hydrogen) atoms. The molecule has 3 nitrogen and oxygen atoms in total. The van der Waals surface area contributed by atoms with E-state index in [1.54, 1.807) is 0 Å². The van der Waals surface area contributed by atoms with Gasteiger partial charge in [0, 0.05) is 12.3 Å². The lowest BCUT2D eigenvalue weighted by Gasteiger charge is -2.25. The highest BCUT2D eigenvalue weighted by Crippen LogP contribution is 2.27. The molecule has 2 unspecified atom stereocenters. The summed E-state index contributed by atoms with van der Waals surface area (Å²) in [6, 6.07) is 0. The molecule has 0 radical (unpaired) electrons. The van der Waals surface area contributed by atoms with Crippen LogP contribution in [0.1, 0.15) is 39.0 Å². The lowest BCUT2D eigenvalue weighted by atomic mass is 9.75. The third kappa shape index (κ3) is 2.87. The number of ketones is 3. The van der Waals surface area contributed by atoms with Crippen LogP contribution in [-0.2, 0) is 14.4 Å². The summed E-state index contributed by atoms with van der Waals surface area (Å²) < 4.78 is 0. The lowest BCUT2D eigenvalue weighted by molar-refractivity contribution is -0.144. The van der Waals surface area contributed by atoms with Crippen molar-refractivity contribution in [3.05, 3.63) is 12.7 Å². The van der Waals surface area contributed by atoms with Gasteiger partial charge in [0.05, 0.1) is 0 Å². The Bertz CT molecular complexity index is 317. The van der Waals surface area contributed by atoms with Gasteiger partial charge >= 0.3 is 0 Å². The van der Waals surface area contributed by atoms with Gasteiger partial charge in [-0.1, -0.05) is 6.08 Å². The van der Waals surface area contributed by atoms with Crippen LogP contribution in [0.2, 0.25) is 0 Å². The molecule has 1 aliphatic rings. The Morgan fingerprint density at radius 2 is 2.19 bits per heavy atom. The topological polar surface area (TPSA) is 51.2 Å². The van der Waals surface area contributed by atoms with Gasteiger partial charge < -0.3 is 0 Å². The van der Waals surface area contributed by atoms with E-state index in [4.69, 9.17) is 0 Å². The van der Waals surface area contributed by atoms with E-state index in [9.17, 15) is 14.4 Å². The second kappa shape index (κ2) is 5.73. The normalized spacial score (nSPS) is 25.6. The van der Waals surface area contributed by atoms with E-state index in [-0.39, 0.29) is 23.3 Å². The Labute approximate surface area is 95.9 Å². The number of rotatable bonds is 5. The second-order valence-corrected chi connectivity index (χ2v) is 4.37. The molecule has 0 spiro atoms. The van der Waals surface area contributed by atoms with Gasteiger partial charge in [0.1, 0.15) is 11.7 Å². The van der Waals surface area contributed by atoms with Crippen molar-refractivity contribution in [2.75, 3.05) is 0 Å². The quantitative estimate of drug-likeness (QED) is 0.406. The molecule has 0 amide bonds. The highest BCUT2D eigenvalue weighted by Gasteiger charge is 2.39. The first-order valence-corrected chi connectivity index (χ1v) is 5.75. The minimum atomic E-state index is -0.970. The van der Waals surface area contributed by atoms with Gasteiger partial charge in [0.15, 0.2) is 11.6 Å². The zero-order valence-electron chi connectivity index (χ0n) is 9.70. The van der Waals surface area contributed by atoms with Crippen LogP contribution >= 0.6 is 0 Å². The van der Waals surface area contributed by atoms with Crippen LogP contribution in [0.3, 0.4) is 0 Å². The molecule has 0 N–H and O–H groups in total. The van der Waals surface area contributed by atoms with Crippen molar-refractivity contribution in [3.8, 4) is 0 Å². The highest BCUT2D eigenvalue weighted by atomic mass is 16.2. The van der Waals surface area contributed by atoms with Crippen LogP contribution < -0.4 is 0 Å². The van der Waals surface area contributed by atoms with Crippen molar-refractivity contribution >= 4 is 17.3 Å². The molecule has 0 aliphatic heterocycles. The number of carbonyl (C=O) groups excluding carboxylic acids is 3. The molecular formula is C13H18O3. The molecule has 0 saturated heterocycles. The third-order valence-electron chi connectivity index (χ3n) is 3.12. The van der Waals surface area contributed by atoms with Crippen LogP contribution in [0.25, 0.3) is 0 Å². The first-order chi connectivity index (χ1) is 7.57. The van der Waals surface area contributed by atoms with Crippen molar-refractivity contribution in [1.82, 2.24) is 0 Å². The minimum absolute atomic E-state index is 0.105. The van der Waals surface area contributed by atoms with Crippen molar-refractivity contribution in [1.29, 1.82) is 0 Å². The van der Waals surface area contributed by atoms with E-state index in [0.717, 1.165) is 19.3 Å². The Kier molecular flexibility index (Phi) is 4.59. The first-order valence-electron chi connectivity index (χ1n) is 5.75. The van der Waals surface area contributed by atoms with Crippen molar-refractivity contribution in [2.45, 2.75) is 39.0 Å². The van der Waals surface area contributed by atoms with E-state index in [2.05, 4.69) is 6.58 Å². The predicted molar refractivity (Wildman–Crippen MR) is 61.0 cm³/mol. The number of carbonyl (C=O) groups is 3. The molecule has 2 atom stereocenters. The van der Waals surface area contributed by atoms with E-state index in [1.807, 2.05) is 6.08 Å². The van der Waals surface area contributed by atoms with E-state index in [0.29, 0.717) is 12.8 Å². The molecule has 0 heterocycles. The summed E-state index contributed by atoms with van der Waals surface area (Å²) in [5, 5.41) is 0. The number of unbranched alkanes of at least 4 members (excludes halogenated alkanes) is 1. The maximum atomic E-state index is 11.9. The summed E-state index contributed by atoms with van der Waals surface area (Å²) in [7, 11) is 0.